The van der Waals surface area contributed by atoms with Crippen LogP contribution >= 0.6 is 0 Å². The summed E-state index contributed by atoms with van der Waals surface area (Å²) in [7, 11) is -6.00. The molecule has 1 aromatic carbocycles. The molecule has 0 aliphatic heterocycles. The lowest BCUT2D eigenvalue weighted by molar-refractivity contribution is 0.368. The molecule has 0 saturated carbocycles. The number of nitrogens with zero attached hydrogens (tertiary/aromatic N) is 2. The van der Waals surface area contributed by atoms with Crippen molar-refractivity contribution in [2.45, 2.75) is 155 Å². The Labute approximate surface area is 235 Å². The third kappa shape index (κ3) is 27.7. The van der Waals surface area contributed by atoms with Crippen LogP contribution in [0.4, 0.5) is 27.3 Å². The van der Waals surface area contributed by atoms with Crippen LogP contribution in [-0.2, 0) is 12.8 Å². The van der Waals surface area contributed by atoms with E-state index < -0.39 is 7.25 Å². The second kappa shape index (κ2) is 26.6. The average Bonchev–Trinajstić information content (AvgIpc) is 2.89. The molecule has 0 unspecified atom stereocenters. The molecule has 1 rings (SSSR count). The van der Waals surface area contributed by atoms with Crippen molar-refractivity contribution >= 4 is 12.9 Å². The van der Waals surface area contributed by atoms with E-state index >= 15 is 0 Å². The third-order valence-corrected chi connectivity index (χ3v) is 7.15. The molecule has 0 atom stereocenters. The van der Waals surface area contributed by atoms with Crippen LogP contribution in [0.15, 0.2) is 18.2 Å². The highest BCUT2D eigenvalue weighted by Gasteiger charge is 2.20. The molecule has 39 heavy (non-hydrogen) atoms. The highest BCUT2D eigenvalue weighted by molar-refractivity contribution is 6.50. The monoisotopic (exact) mass is 560 g/mol. The zero-order valence-corrected chi connectivity index (χ0v) is 24.6. The van der Waals surface area contributed by atoms with Crippen LogP contribution in [0.1, 0.15) is 153 Å². The van der Waals surface area contributed by atoms with E-state index in [4.69, 9.17) is 0 Å². The Balaban J connectivity index is 0.00000263. The minimum Gasteiger partial charge on any atom is -0.418 e. The van der Waals surface area contributed by atoms with Crippen LogP contribution in [0.5, 0.6) is 0 Å². The average molecular weight is 561 g/mol. The molecule has 0 aromatic heterocycles. The van der Waals surface area contributed by atoms with Crippen molar-refractivity contribution in [1.82, 2.24) is 0 Å². The van der Waals surface area contributed by atoms with E-state index in [1.807, 2.05) is 6.07 Å². The van der Waals surface area contributed by atoms with E-state index in [0.717, 1.165) is 37.8 Å². The summed E-state index contributed by atoms with van der Waals surface area (Å²) in [5, 5.41) is 9.32. The number of diazo groups is 1. The minimum atomic E-state index is -6.00. The van der Waals surface area contributed by atoms with Crippen LogP contribution in [0.2, 0.25) is 0 Å². The zero-order chi connectivity index (χ0) is 29.0. The van der Waals surface area contributed by atoms with Gasteiger partial charge in [0, 0.05) is 11.6 Å². The standard InChI is InChI=1S/C31H54FN2.BF4/c1-2-3-4-5-6-7-8-9-10-11-12-13-14-17-20-23-29-25-26-31(34-33)30(28-29)24-21-18-15-16-19-22-27-32;2-1(3,4)5/h25-26,28H,2-24,27H2,1H3;/q+1;-1. The summed E-state index contributed by atoms with van der Waals surface area (Å²) in [6, 6.07) is 6.35. The van der Waals surface area contributed by atoms with Gasteiger partial charge in [0.25, 0.3) is 0 Å². The van der Waals surface area contributed by atoms with E-state index in [1.54, 1.807) is 0 Å². The molecule has 0 aliphatic carbocycles. The smallest absolute Gasteiger partial charge is 0.418 e. The minimum absolute atomic E-state index is 0.187. The summed E-state index contributed by atoms with van der Waals surface area (Å²) >= 11 is 0. The number of halogens is 5. The van der Waals surface area contributed by atoms with Gasteiger partial charge >= 0.3 is 12.9 Å². The van der Waals surface area contributed by atoms with E-state index in [9.17, 15) is 27.0 Å². The van der Waals surface area contributed by atoms with Gasteiger partial charge in [-0.3, -0.25) is 4.39 Å². The van der Waals surface area contributed by atoms with Crippen LogP contribution in [0.3, 0.4) is 0 Å². The van der Waals surface area contributed by atoms with Crippen LogP contribution < -0.4 is 0 Å². The molecular weight excluding hydrogens is 506 g/mol. The molecule has 0 bridgehead atoms. The lowest BCUT2D eigenvalue weighted by atomic mass is 9.98. The summed E-state index contributed by atoms with van der Waals surface area (Å²) in [5.74, 6) is 0. The molecule has 8 heteroatoms. The van der Waals surface area contributed by atoms with Crippen molar-refractivity contribution in [3.8, 4) is 0 Å². The summed E-state index contributed by atoms with van der Waals surface area (Å²) in [5.41, 5.74) is 3.27. The van der Waals surface area contributed by atoms with Gasteiger partial charge in [0.2, 0.25) is 5.39 Å². The fourth-order valence-corrected chi connectivity index (χ4v) is 4.91. The Hall–Kier alpha value is -1.65. The van der Waals surface area contributed by atoms with Gasteiger partial charge in [0.05, 0.1) is 6.67 Å². The summed E-state index contributed by atoms with van der Waals surface area (Å²) in [4.78, 5) is 3.49. The number of aryl methyl sites for hydroxylation is 2. The van der Waals surface area contributed by atoms with Crippen molar-refractivity contribution in [2.75, 3.05) is 6.67 Å². The van der Waals surface area contributed by atoms with Gasteiger partial charge in [-0.1, -0.05) is 129 Å². The number of benzene rings is 1. The highest BCUT2D eigenvalue weighted by Crippen LogP contribution is 2.24. The van der Waals surface area contributed by atoms with Crippen LogP contribution in [0, 0.1) is 5.39 Å². The maximum Gasteiger partial charge on any atom is 0.673 e. The van der Waals surface area contributed by atoms with E-state index in [-0.39, 0.29) is 6.67 Å². The molecule has 1 aromatic rings. The van der Waals surface area contributed by atoms with E-state index in [0.29, 0.717) is 6.42 Å². The number of alkyl halides is 1. The summed E-state index contributed by atoms with van der Waals surface area (Å²) in [6.07, 6.45) is 29.3. The summed E-state index contributed by atoms with van der Waals surface area (Å²) < 4.78 is 51.1. The highest BCUT2D eigenvalue weighted by atomic mass is 19.5. The molecule has 0 spiro atoms. The fourth-order valence-electron chi connectivity index (χ4n) is 4.91. The Morgan fingerprint density at radius 1 is 0.590 bits per heavy atom. The van der Waals surface area contributed by atoms with Crippen molar-refractivity contribution in [3.05, 3.63) is 34.3 Å². The lowest BCUT2D eigenvalue weighted by Gasteiger charge is -2.05. The molecule has 2 nitrogen and oxygen atoms in total. The molecule has 0 saturated heterocycles. The van der Waals surface area contributed by atoms with Gasteiger partial charge in [-0.25, -0.2) is 0 Å². The number of unbranched alkanes of at least 4 members (excludes halogenated alkanes) is 19. The van der Waals surface area contributed by atoms with Gasteiger partial charge in [-0.15, -0.1) is 0 Å². The van der Waals surface area contributed by atoms with Gasteiger partial charge in [0.1, 0.15) is 0 Å². The van der Waals surface area contributed by atoms with Crippen LogP contribution in [-0.4, -0.2) is 13.9 Å². The predicted octanol–water partition coefficient (Wildman–Crippen LogP) is 12.7. The first-order valence-corrected chi connectivity index (χ1v) is 15.7. The molecule has 0 N–H and O–H groups in total. The largest absolute Gasteiger partial charge is 0.673 e. The van der Waals surface area contributed by atoms with Gasteiger partial charge in [-0.2, -0.15) is 0 Å². The Morgan fingerprint density at radius 3 is 1.38 bits per heavy atom. The first kappa shape index (κ1) is 37.4. The molecule has 0 fully saturated rings. The van der Waals surface area contributed by atoms with Crippen molar-refractivity contribution in [3.63, 3.8) is 0 Å². The number of hydrogen-bond donors (Lipinski definition) is 0. The van der Waals surface area contributed by atoms with Crippen molar-refractivity contribution < 1.29 is 21.7 Å². The van der Waals surface area contributed by atoms with E-state index in [1.165, 1.54) is 120 Å². The molecule has 226 valence electrons. The topological polar surface area (TPSA) is 28.1 Å². The second-order valence-electron chi connectivity index (χ2n) is 10.8. The maximum atomic E-state index is 12.1. The molecule has 0 amide bonds. The summed E-state index contributed by atoms with van der Waals surface area (Å²) in [6.45, 7) is 2.10. The molecule has 0 radical (unpaired) electrons. The molecule has 0 heterocycles. The van der Waals surface area contributed by atoms with Crippen LogP contribution in [0.25, 0.3) is 4.98 Å². The van der Waals surface area contributed by atoms with Gasteiger partial charge < -0.3 is 17.3 Å². The third-order valence-electron chi connectivity index (χ3n) is 7.15. The first-order valence-electron chi connectivity index (χ1n) is 15.7. The Morgan fingerprint density at radius 2 is 0.974 bits per heavy atom. The quantitative estimate of drug-likeness (QED) is 0.0535. The predicted molar refractivity (Wildman–Crippen MR) is 157 cm³/mol. The zero-order valence-electron chi connectivity index (χ0n) is 24.6. The van der Waals surface area contributed by atoms with Crippen molar-refractivity contribution in [2.24, 2.45) is 0 Å². The normalized spacial score (nSPS) is 11.2. The lowest BCUT2D eigenvalue weighted by Crippen LogP contribution is -2.02. The SMILES string of the molecule is CCCCCCCCCCCCCCCCCc1ccc([N+]#N)c(CCCCCCCCF)c1.F[B-](F)(F)F. The Bertz CT molecular complexity index is 716. The number of rotatable bonds is 24. The number of hydrogen-bond acceptors (Lipinski definition) is 1. The molecule has 0 aliphatic rings. The second-order valence-corrected chi connectivity index (χ2v) is 10.8. The molecular formula is C31H54BF5N2. The first-order chi connectivity index (χ1) is 18.8. The van der Waals surface area contributed by atoms with Gasteiger partial charge in [-0.05, 0) is 43.7 Å². The van der Waals surface area contributed by atoms with E-state index in [2.05, 4.69) is 24.0 Å². The maximum absolute atomic E-state index is 12.1. The Kier molecular flexibility index (Phi) is 25.5. The fraction of sp³-hybridized carbons (Fsp3) is 0.806. The van der Waals surface area contributed by atoms with Gasteiger partial charge in [0.15, 0.2) is 4.98 Å². The van der Waals surface area contributed by atoms with Crippen molar-refractivity contribution in [1.29, 1.82) is 5.39 Å².